The summed E-state index contributed by atoms with van der Waals surface area (Å²) in [5, 5.41) is 2.80. The molecule has 0 saturated heterocycles. The molecule has 0 radical (unpaired) electrons. The highest BCUT2D eigenvalue weighted by atomic mass is 32.2. The van der Waals surface area contributed by atoms with Gasteiger partial charge in [0.2, 0.25) is 10.0 Å². The number of nitrogens with zero attached hydrogens (tertiary/aromatic N) is 1. The highest BCUT2D eigenvalue weighted by Gasteiger charge is 2.15. The fourth-order valence-corrected chi connectivity index (χ4v) is 4.07. The van der Waals surface area contributed by atoms with Gasteiger partial charge in [-0.3, -0.25) is 9.36 Å². The quantitative estimate of drug-likeness (QED) is 0.378. The number of benzene rings is 2. The second kappa shape index (κ2) is 8.99. The van der Waals surface area contributed by atoms with Gasteiger partial charge in [-0.2, -0.15) is 0 Å². The maximum Gasteiger partial charge on any atom is 0.274 e. The van der Waals surface area contributed by atoms with Gasteiger partial charge in [0.1, 0.15) is 5.69 Å². The molecular formula is C20H20N4O3S2. The molecule has 2 aromatic carbocycles. The van der Waals surface area contributed by atoms with Crippen molar-refractivity contribution in [3.05, 3.63) is 89.5 Å². The number of imidazole rings is 1. The first kappa shape index (κ1) is 20.7. The van der Waals surface area contributed by atoms with Crippen molar-refractivity contribution in [3.63, 3.8) is 0 Å². The van der Waals surface area contributed by atoms with Gasteiger partial charge < -0.3 is 10.3 Å². The van der Waals surface area contributed by atoms with E-state index >= 15 is 0 Å². The normalized spacial score (nSPS) is 11.2. The van der Waals surface area contributed by atoms with Crippen LogP contribution in [0.2, 0.25) is 0 Å². The van der Waals surface area contributed by atoms with E-state index in [1.54, 1.807) is 35.0 Å². The van der Waals surface area contributed by atoms with E-state index in [2.05, 4.69) is 21.6 Å². The maximum atomic E-state index is 12.7. The molecule has 0 aliphatic carbocycles. The number of anilines is 1. The van der Waals surface area contributed by atoms with E-state index < -0.39 is 10.0 Å². The molecule has 1 aromatic heterocycles. The van der Waals surface area contributed by atoms with Crippen molar-refractivity contribution in [2.24, 2.45) is 0 Å². The van der Waals surface area contributed by atoms with Gasteiger partial charge >= 0.3 is 0 Å². The van der Waals surface area contributed by atoms with E-state index in [1.807, 2.05) is 30.3 Å². The fraction of sp³-hybridized carbons (Fsp3) is 0.100. The second-order valence-corrected chi connectivity index (χ2v) is 8.39. The Hall–Kier alpha value is -3.01. The van der Waals surface area contributed by atoms with Crippen LogP contribution in [0.4, 0.5) is 5.69 Å². The number of hydrogen-bond donors (Lipinski definition) is 3. The number of sulfonamides is 1. The molecule has 1 amide bonds. The SMILES string of the molecule is C=CCNS(=O)(=O)Cc1ccc(NC(=O)c2c[nH]c(=S)n2-c2ccccc2)cc1. The van der Waals surface area contributed by atoms with Crippen molar-refractivity contribution < 1.29 is 13.2 Å². The van der Waals surface area contributed by atoms with Crippen molar-refractivity contribution in [3.8, 4) is 5.69 Å². The molecule has 0 bridgehead atoms. The number of hydrogen-bond acceptors (Lipinski definition) is 4. The number of carbonyl (C=O) groups is 1. The number of aromatic amines is 1. The summed E-state index contributed by atoms with van der Waals surface area (Å²) in [6.45, 7) is 3.66. The Labute approximate surface area is 174 Å². The first-order valence-electron chi connectivity index (χ1n) is 8.74. The molecule has 3 aromatic rings. The molecule has 0 fully saturated rings. The molecule has 0 atom stereocenters. The van der Waals surface area contributed by atoms with E-state index in [-0.39, 0.29) is 18.2 Å². The zero-order valence-corrected chi connectivity index (χ0v) is 17.1. The lowest BCUT2D eigenvalue weighted by Gasteiger charge is -2.10. The lowest BCUT2D eigenvalue weighted by Crippen LogP contribution is -2.25. The summed E-state index contributed by atoms with van der Waals surface area (Å²) in [7, 11) is -3.44. The van der Waals surface area contributed by atoms with Gasteiger partial charge in [0.25, 0.3) is 5.91 Å². The Balaban J connectivity index is 1.74. The molecule has 150 valence electrons. The largest absolute Gasteiger partial charge is 0.336 e. The van der Waals surface area contributed by atoms with Gasteiger partial charge in [-0.15, -0.1) is 6.58 Å². The van der Waals surface area contributed by atoms with E-state index in [0.717, 1.165) is 5.69 Å². The molecule has 0 unspecified atom stereocenters. The van der Waals surface area contributed by atoms with Gasteiger partial charge in [-0.05, 0) is 42.0 Å². The number of rotatable bonds is 8. The third-order valence-corrected chi connectivity index (χ3v) is 5.66. The molecule has 9 heteroatoms. The molecule has 1 heterocycles. The molecule has 3 rings (SSSR count). The second-order valence-electron chi connectivity index (χ2n) is 6.20. The fourth-order valence-electron chi connectivity index (χ4n) is 2.70. The minimum atomic E-state index is -3.44. The zero-order valence-electron chi connectivity index (χ0n) is 15.5. The highest BCUT2D eigenvalue weighted by molar-refractivity contribution is 7.88. The first-order valence-corrected chi connectivity index (χ1v) is 10.8. The summed E-state index contributed by atoms with van der Waals surface area (Å²) < 4.78 is 28.4. The molecular weight excluding hydrogens is 408 g/mol. The monoisotopic (exact) mass is 428 g/mol. The summed E-state index contributed by atoms with van der Waals surface area (Å²) >= 11 is 5.29. The predicted octanol–water partition coefficient (Wildman–Crippen LogP) is 3.39. The summed E-state index contributed by atoms with van der Waals surface area (Å²) in [6.07, 6.45) is 3.03. The van der Waals surface area contributed by atoms with Crippen LogP contribution in [0.15, 0.2) is 73.4 Å². The number of para-hydroxylation sites is 1. The van der Waals surface area contributed by atoms with Crippen LogP contribution in [-0.2, 0) is 15.8 Å². The van der Waals surface area contributed by atoms with E-state index in [4.69, 9.17) is 12.2 Å². The standard InChI is InChI=1S/C20H20N4O3S2/c1-2-12-22-29(26,27)14-15-8-10-16(11-9-15)23-19(25)18-13-21-20(28)24(18)17-6-4-3-5-7-17/h2-11,13,22H,1,12,14H2,(H,21,28)(H,23,25). The Morgan fingerprint density at radius 2 is 1.83 bits per heavy atom. The lowest BCUT2D eigenvalue weighted by atomic mass is 10.2. The number of aromatic nitrogens is 2. The summed E-state index contributed by atoms with van der Waals surface area (Å²) in [6, 6.07) is 16.0. The van der Waals surface area contributed by atoms with Crippen LogP contribution in [0, 0.1) is 4.77 Å². The maximum absolute atomic E-state index is 12.7. The molecule has 0 spiro atoms. The predicted molar refractivity (Wildman–Crippen MR) is 116 cm³/mol. The number of nitrogens with one attached hydrogen (secondary N) is 3. The van der Waals surface area contributed by atoms with Crippen molar-refractivity contribution in [2.45, 2.75) is 5.75 Å². The van der Waals surface area contributed by atoms with Crippen LogP contribution < -0.4 is 10.0 Å². The van der Waals surface area contributed by atoms with Gasteiger partial charge in [0.05, 0.1) is 5.75 Å². The van der Waals surface area contributed by atoms with Crippen LogP contribution in [-0.4, -0.2) is 30.4 Å². The summed E-state index contributed by atoms with van der Waals surface area (Å²) in [5.41, 5.74) is 2.29. The summed E-state index contributed by atoms with van der Waals surface area (Å²) in [4.78, 5) is 15.6. The van der Waals surface area contributed by atoms with Crippen LogP contribution in [0.25, 0.3) is 5.69 Å². The van der Waals surface area contributed by atoms with E-state index in [1.165, 1.54) is 6.08 Å². The highest BCUT2D eigenvalue weighted by Crippen LogP contribution is 2.16. The minimum absolute atomic E-state index is 0.153. The Morgan fingerprint density at radius 1 is 1.14 bits per heavy atom. The van der Waals surface area contributed by atoms with Crippen LogP contribution in [0.3, 0.4) is 0 Å². The smallest absolute Gasteiger partial charge is 0.274 e. The third-order valence-electron chi connectivity index (χ3n) is 4.04. The Morgan fingerprint density at radius 3 is 2.48 bits per heavy atom. The van der Waals surface area contributed by atoms with Gasteiger partial charge in [-0.25, -0.2) is 13.1 Å². The number of H-pyrrole nitrogens is 1. The lowest BCUT2D eigenvalue weighted by molar-refractivity contribution is 0.102. The van der Waals surface area contributed by atoms with Crippen molar-refractivity contribution in [2.75, 3.05) is 11.9 Å². The topological polar surface area (TPSA) is 96.0 Å². The molecule has 29 heavy (non-hydrogen) atoms. The average molecular weight is 429 g/mol. The van der Waals surface area contributed by atoms with Crippen molar-refractivity contribution in [1.82, 2.24) is 14.3 Å². The first-order chi connectivity index (χ1) is 13.9. The molecule has 0 aliphatic heterocycles. The summed E-state index contributed by atoms with van der Waals surface area (Å²) in [5.74, 6) is -0.491. The third kappa shape index (κ3) is 5.29. The van der Waals surface area contributed by atoms with Crippen LogP contribution in [0.1, 0.15) is 16.1 Å². The van der Waals surface area contributed by atoms with E-state index in [9.17, 15) is 13.2 Å². The Bertz CT molecular complexity index is 1160. The molecule has 0 aliphatic rings. The van der Waals surface area contributed by atoms with Gasteiger partial charge in [-0.1, -0.05) is 36.4 Å². The zero-order chi connectivity index (χ0) is 20.9. The van der Waals surface area contributed by atoms with Crippen molar-refractivity contribution in [1.29, 1.82) is 0 Å². The molecule has 7 nitrogen and oxygen atoms in total. The molecule has 0 saturated carbocycles. The van der Waals surface area contributed by atoms with E-state index in [0.29, 0.717) is 21.7 Å². The van der Waals surface area contributed by atoms with Gasteiger partial charge in [0, 0.05) is 24.1 Å². The van der Waals surface area contributed by atoms with Crippen LogP contribution in [0.5, 0.6) is 0 Å². The minimum Gasteiger partial charge on any atom is -0.336 e. The van der Waals surface area contributed by atoms with Crippen LogP contribution >= 0.6 is 12.2 Å². The van der Waals surface area contributed by atoms with Gasteiger partial charge in [0.15, 0.2) is 4.77 Å². The number of carbonyl (C=O) groups excluding carboxylic acids is 1. The number of amides is 1. The average Bonchev–Trinajstić information content (AvgIpc) is 3.10. The van der Waals surface area contributed by atoms with Crippen molar-refractivity contribution >= 4 is 33.8 Å². The Kier molecular flexibility index (Phi) is 6.42. The molecule has 3 N–H and O–H groups in total.